The summed E-state index contributed by atoms with van der Waals surface area (Å²) in [5.74, 6) is 1.45. The van der Waals surface area contributed by atoms with E-state index in [-0.39, 0.29) is 11.9 Å². The van der Waals surface area contributed by atoms with Gasteiger partial charge in [0.2, 0.25) is 0 Å². The summed E-state index contributed by atoms with van der Waals surface area (Å²) >= 11 is 0. The van der Waals surface area contributed by atoms with Gasteiger partial charge in [0.1, 0.15) is 29.2 Å². The molecule has 0 spiro atoms. The highest BCUT2D eigenvalue weighted by atomic mass is 19.1. The summed E-state index contributed by atoms with van der Waals surface area (Å²) in [5.41, 5.74) is 4.75. The van der Waals surface area contributed by atoms with E-state index in [2.05, 4.69) is 21.4 Å². The number of amides is 1. The monoisotopic (exact) mass is 539 g/mol. The summed E-state index contributed by atoms with van der Waals surface area (Å²) < 4.78 is 31.0. The van der Waals surface area contributed by atoms with Gasteiger partial charge in [-0.2, -0.15) is 5.26 Å². The molecule has 1 aromatic carbocycles. The second-order valence-electron chi connectivity index (χ2n) is 10.5. The zero-order valence-corrected chi connectivity index (χ0v) is 21.8. The Balaban J connectivity index is 1.19. The van der Waals surface area contributed by atoms with E-state index in [0.717, 1.165) is 16.8 Å². The van der Waals surface area contributed by atoms with E-state index in [1.54, 1.807) is 24.4 Å². The van der Waals surface area contributed by atoms with E-state index < -0.39 is 6.17 Å². The summed E-state index contributed by atoms with van der Waals surface area (Å²) in [5, 5.41) is 12.9. The van der Waals surface area contributed by atoms with Crippen LogP contribution in [-0.4, -0.2) is 61.5 Å². The normalized spacial score (nSPS) is 23.2. The van der Waals surface area contributed by atoms with Crippen LogP contribution in [0.1, 0.15) is 22.3 Å². The maximum Gasteiger partial charge on any atom is 0.253 e. The number of carbonyl (C=O) groups is 1. The van der Waals surface area contributed by atoms with Crippen molar-refractivity contribution in [3.8, 4) is 34.4 Å². The van der Waals surface area contributed by atoms with Gasteiger partial charge in [0, 0.05) is 55.0 Å². The third-order valence-corrected chi connectivity index (χ3v) is 8.13. The van der Waals surface area contributed by atoms with Gasteiger partial charge in [-0.1, -0.05) is 6.07 Å². The fraction of sp³-hybridized carbons (Fsp3) is 0.333. The molecular weight excluding hydrogens is 513 g/mol. The van der Waals surface area contributed by atoms with Crippen LogP contribution in [0.15, 0.2) is 53.2 Å². The molecule has 202 valence electrons. The lowest BCUT2D eigenvalue weighted by atomic mass is 10.0. The summed E-state index contributed by atoms with van der Waals surface area (Å²) in [6.07, 6.45) is 2.78. The first kappa shape index (κ1) is 24.5. The van der Waals surface area contributed by atoms with Gasteiger partial charge < -0.3 is 24.1 Å². The number of methoxy groups -OCH3 is 1. The molecule has 4 aromatic rings. The first-order chi connectivity index (χ1) is 19.5. The number of furan rings is 1. The zero-order valence-electron chi connectivity index (χ0n) is 21.8. The number of halogens is 1. The van der Waals surface area contributed by atoms with Gasteiger partial charge in [0.25, 0.3) is 5.91 Å². The Morgan fingerprint density at radius 3 is 2.80 bits per heavy atom. The van der Waals surface area contributed by atoms with Crippen molar-refractivity contribution in [3.63, 3.8) is 0 Å². The number of hydrogen-bond acceptors (Lipinski definition) is 8. The molecule has 1 N–H and O–H groups in total. The number of nitrogens with one attached hydrogen (secondary N) is 1. The van der Waals surface area contributed by atoms with Gasteiger partial charge in [0.05, 0.1) is 37.1 Å². The molecule has 2 aliphatic heterocycles. The second kappa shape index (κ2) is 9.61. The summed E-state index contributed by atoms with van der Waals surface area (Å²) in [6.45, 7) is 2.26. The van der Waals surface area contributed by atoms with E-state index in [0.29, 0.717) is 84.0 Å². The largest absolute Gasteiger partial charge is 0.494 e. The highest BCUT2D eigenvalue weighted by Gasteiger charge is 2.54. The SMILES string of the molecule is COc1cc(C(=O)NC2C3COCC32)cnc1-c1cc2nccc(-c3ccc(N4CCC(F)C4)c(C#N)c3)c2o1. The molecule has 3 aliphatic rings. The number of nitrogens with zero attached hydrogens (tertiary/aromatic N) is 4. The molecule has 3 aromatic heterocycles. The molecule has 1 saturated carbocycles. The van der Waals surface area contributed by atoms with Crippen LogP contribution in [0.4, 0.5) is 10.1 Å². The van der Waals surface area contributed by atoms with Crippen molar-refractivity contribution < 1.29 is 23.1 Å². The molecule has 10 heteroatoms. The number of aromatic nitrogens is 2. The van der Waals surface area contributed by atoms with E-state index in [1.807, 2.05) is 23.1 Å². The third kappa shape index (κ3) is 4.14. The quantitative estimate of drug-likeness (QED) is 0.385. The van der Waals surface area contributed by atoms with Crippen molar-refractivity contribution >= 4 is 22.7 Å². The highest BCUT2D eigenvalue weighted by Crippen LogP contribution is 2.44. The van der Waals surface area contributed by atoms with Crippen molar-refractivity contribution in [1.29, 1.82) is 5.26 Å². The van der Waals surface area contributed by atoms with E-state index >= 15 is 0 Å². The maximum absolute atomic E-state index is 13.8. The molecule has 0 bridgehead atoms. The van der Waals surface area contributed by atoms with Crippen molar-refractivity contribution in [2.24, 2.45) is 11.8 Å². The van der Waals surface area contributed by atoms with Crippen molar-refractivity contribution in [1.82, 2.24) is 15.3 Å². The Bertz CT molecular complexity index is 1670. The Kier molecular flexibility index (Phi) is 5.90. The first-order valence-corrected chi connectivity index (χ1v) is 13.3. The van der Waals surface area contributed by atoms with E-state index in [9.17, 15) is 14.4 Å². The first-order valence-electron chi connectivity index (χ1n) is 13.3. The minimum Gasteiger partial charge on any atom is -0.494 e. The maximum atomic E-state index is 13.8. The number of rotatable bonds is 6. The molecule has 3 fully saturated rings. The van der Waals surface area contributed by atoms with Crippen LogP contribution in [0.5, 0.6) is 5.75 Å². The average Bonchev–Trinajstić information content (AvgIpc) is 3.46. The lowest BCUT2D eigenvalue weighted by Gasteiger charge is -2.19. The number of carbonyl (C=O) groups excluding carboxylic acids is 1. The van der Waals surface area contributed by atoms with Crippen LogP contribution in [0.3, 0.4) is 0 Å². The van der Waals surface area contributed by atoms with Crippen LogP contribution < -0.4 is 15.0 Å². The minimum atomic E-state index is -0.880. The number of fused-ring (bicyclic) bond motifs is 2. The molecule has 3 unspecified atom stereocenters. The van der Waals surface area contributed by atoms with E-state index in [1.165, 1.54) is 13.3 Å². The smallest absolute Gasteiger partial charge is 0.253 e. The molecule has 1 aliphatic carbocycles. The average molecular weight is 540 g/mol. The molecule has 3 atom stereocenters. The van der Waals surface area contributed by atoms with Gasteiger partial charge in [-0.3, -0.25) is 9.78 Å². The van der Waals surface area contributed by atoms with Gasteiger partial charge in [-0.15, -0.1) is 0 Å². The molecule has 9 nitrogen and oxygen atoms in total. The van der Waals surface area contributed by atoms with Gasteiger partial charge in [-0.05, 0) is 36.2 Å². The molecule has 1 amide bonds. The molecule has 5 heterocycles. The zero-order chi connectivity index (χ0) is 27.4. The molecule has 0 radical (unpaired) electrons. The topological polar surface area (TPSA) is 114 Å². The van der Waals surface area contributed by atoms with Crippen LogP contribution in [-0.2, 0) is 4.74 Å². The number of pyridine rings is 2. The number of benzene rings is 1. The van der Waals surface area contributed by atoms with Crippen LogP contribution in [0.2, 0.25) is 0 Å². The Morgan fingerprint density at radius 2 is 2.05 bits per heavy atom. The summed E-state index contributed by atoms with van der Waals surface area (Å²) in [4.78, 5) is 23.7. The fourth-order valence-corrected chi connectivity index (χ4v) is 5.89. The molecular formula is C30H26FN5O4. The van der Waals surface area contributed by atoms with Gasteiger partial charge in [-0.25, -0.2) is 9.37 Å². The third-order valence-electron chi connectivity index (χ3n) is 8.13. The van der Waals surface area contributed by atoms with Gasteiger partial charge >= 0.3 is 0 Å². The lowest BCUT2D eigenvalue weighted by Crippen LogP contribution is -2.30. The van der Waals surface area contributed by atoms with Crippen LogP contribution >= 0.6 is 0 Å². The number of ether oxygens (including phenoxy) is 2. The Hall–Kier alpha value is -4.49. The lowest BCUT2D eigenvalue weighted by molar-refractivity contribution is 0.0928. The summed E-state index contributed by atoms with van der Waals surface area (Å²) in [7, 11) is 1.52. The van der Waals surface area contributed by atoms with Crippen LogP contribution in [0, 0.1) is 23.2 Å². The standard InChI is InChI=1S/C30H26FN5O4/c1-38-25-9-18(30(37)35-27-21-14-39-15-22(21)27)12-34-28(25)26-10-23-29(40-26)20(4-6-33-23)16-2-3-24(17(8-16)11-32)36-7-5-19(31)13-36/h2-4,6,8-10,12,19,21-22,27H,5,7,13-15H2,1H3,(H,35,37). The number of alkyl halides is 1. The summed E-state index contributed by atoms with van der Waals surface area (Å²) in [6, 6.07) is 13.2. The number of anilines is 1. The number of nitriles is 1. The van der Waals surface area contributed by atoms with Crippen molar-refractivity contribution in [3.05, 3.63) is 59.9 Å². The Morgan fingerprint density at radius 1 is 1.20 bits per heavy atom. The molecule has 7 rings (SSSR count). The van der Waals surface area contributed by atoms with E-state index in [4.69, 9.17) is 13.9 Å². The predicted molar refractivity (Wildman–Crippen MR) is 145 cm³/mol. The van der Waals surface area contributed by atoms with Crippen molar-refractivity contribution in [2.45, 2.75) is 18.6 Å². The Labute approximate surface area is 229 Å². The second-order valence-corrected chi connectivity index (χ2v) is 10.5. The van der Waals surface area contributed by atoms with Crippen molar-refractivity contribution in [2.75, 3.05) is 38.3 Å². The number of hydrogen-bond donors (Lipinski definition) is 1. The minimum absolute atomic E-state index is 0.151. The predicted octanol–water partition coefficient (Wildman–Crippen LogP) is 4.36. The molecule has 2 saturated heterocycles. The fourth-order valence-electron chi connectivity index (χ4n) is 5.89. The van der Waals surface area contributed by atoms with Crippen LogP contribution in [0.25, 0.3) is 33.7 Å². The molecule has 40 heavy (non-hydrogen) atoms. The van der Waals surface area contributed by atoms with Gasteiger partial charge in [0.15, 0.2) is 11.3 Å². The highest BCUT2D eigenvalue weighted by molar-refractivity contribution is 5.96.